The van der Waals surface area contributed by atoms with Gasteiger partial charge in [-0.15, -0.1) is 0 Å². The molecule has 1 rings (SSSR count). The van der Waals surface area contributed by atoms with Gasteiger partial charge in [-0.3, -0.25) is 4.79 Å². The second-order valence-electron chi connectivity index (χ2n) is 4.28. The number of nitrogens with two attached hydrogens (primary N) is 1. The molecule has 0 aliphatic carbocycles. The molecule has 0 aliphatic heterocycles. The van der Waals surface area contributed by atoms with E-state index in [0.717, 1.165) is 5.56 Å². The van der Waals surface area contributed by atoms with Crippen LogP contribution in [-0.4, -0.2) is 12.5 Å². The highest BCUT2D eigenvalue weighted by molar-refractivity contribution is 5.78. The molecule has 3 heteroatoms. The third-order valence-electron chi connectivity index (χ3n) is 2.76. The molecule has 3 nitrogen and oxygen atoms in total. The second-order valence-corrected chi connectivity index (χ2v) is 4.28. The number of rotatable bonds is 4. The first-order valence-corrected chi connectivity index (χ1v) is 5.58. The summed E-state index contributed by atoms with van der Waals surface area (Å²) in [5.74, 6) is -0.103. The maximum Gasteiger partial charge on any atom is 0.224 e. The van der Waals surface area contributed by atoms with E-state index < -0.39 is 0 Å². The monoisotopic (exact) mass is 220 g/mol. The number of nitrogens with one attached hydrogen (secondary N) is 1. The molecule has 0 saturated carbocycles. The first-order chi connectivity index (χ1) is 7.54. The molecule has 0 aliphatic rings. The number of carbonyl (C=O) groups excluding carboxylic acids is 1. The fourth-order valence-electron chi connectivity index (χ4n) is 1.45. The number of aryl methyl sites for hydroxylation is 2. The summed E-state index contributed by atoms with van der Waals surface area (Å²) in [5, 5.41) is 2.90. The Morgan fingerprint density at radius 3 is 2.75 bits per heavy atom. The zero-order chi connectivity index (χ0) is 12.1. The highest BCUT2D eigenvalue weighted by atomic mass is 16.1. The number of benzene rings is 1. The fraction of sp³-hybridized carbons (Fsp3) is 0.462. The van der Waals surface area contributed by atoms with Crippen molar-refractivity contribution in [3.05, 3.63) is 34.9 Å². The largest absolute Gasteiger partial charge is 0.352 e. The van der Waals surface area contributed by atoms with Gasteiger partial charge in [-0.25, -0.2) is 0 Å². The van der Waals surface area contributed by atoms with Gasteiger partial charge in [0, 0.05) is 19.0 Å². The predicted molar refractivity (Wildman–Crippen MR) is 66.0 cm³/mol. The molecule has 3 N–H and O–H groups in total. The van der Waals surface area contributed by atoms with Crippen LogP contribution < -0.4 is 11.1 Å². The molecule has 0 spiro atoms. The van der Waals surface area contributed by atoms with Gasteiger partial charge in [0.2, 0.25) is 5.91 Å². The Morgan fingerprint density at radius 2 is 2.12 bits per heavy atom. The molecule has 0 heterocycles. The average Bonchev–Trinajstić information content (AvgIpc) is 2.28. The minimum absolute atomic E-state index is 0.0170. The van der Waals surface area contributed by atoms with E-state index in [0.29, 0.717) is 13.1 Å². The lowest BCUT2D eigenvalue weighted by Gasteiger charge is -2.12. The Labute approximate surface area is 97.0 Å². The van der Waals surface area contributed by atoms with Crippen molar-refractivity contribution in [1.82, 2.24) is 5.32 Å². The van der Waals surface area contributed by atoms with Crippen LogP contribution >= 0.6 is 0 Å². The van der Waals surface area contributed by atoms with Crippen LogP contribution in [0.25, 0.3) is 0 Å². The number of amides is 1. The minimum Gasteiger partial charge on any atom is -0.352 e. The molecule has 1 aromatic rings. The summed E-state index contributed by atoms with van der Waals surface area (Å²) in [6, 6.07) is 6.25. The van der Waals surface area contributed by atoms with Crippen molar-refractivity contribution in [3.63, 3.8) is 0 Å². The zero-order valence-electron chi connectivity index (χ0n) is 10.2. The normalized spacial score (nSPS) is 12.2. The topological polar surface area (TPSA) is 55.1 Å². The smallest absolute Gasteiger partial charge is 0.224 e. The van der Waals surface area contributed by atoms with Gasteiger partial charge in [0.1, 0.15) is 0 Å². The van der Waals surface area contributed by atoms with Crippen LogP contribution in [0.15, 0.2) is 18.2 Å². The van der Waals surface area contributed by atoms with E-state index in [4.69, 9.17) is 5.73 Å². The van der Waals surface area contributed by atoms with Gasteiger partial charge in [-0.1, -0.05) is 30.7 Å². The summed E-state index contributed by atoms with van der Waals surface area (Å²) >= 11 is 0. The lowest BCUT2D eigenvalue weighted by Crippen LogP contribution is -2.32. The van der Waals surface area contributed by atoms with E-state index in [2.05, 4.69) is 23.5 Å². The molecule has 88 valence electrons. The van der Waals surface area contributed by atoms with Gasteiger partial charge in [-0.2, -0.15) is 0 Å². The predicted octanol–water partition coefficient (Wildman–Crippen LogP) is 1.51. The Morgan fingerprint density at radius 1 is 1.44 bits per heavy atom. The Bertz CT molecular complexity index is 374. The molecule has 0 radical (unpaired) electrons. The number of hydrogen-bond acceptors (Lipinski definition) is 2. The molecule has 1 amide bonds. The van der Waals surface area contributed by atoms with Crippen molar-refractivity contribution in [3.8, 4) is 0 Å². The zero-order valence-corrected chi connectivity index (χ0v) is 10.2. The minimum atomic E-state index is -0.120. The SMILES string of the molecule is Cc1ccc(C)c(CNC(=O)C(C)CN)c1. The van der Waals surface area contributed by atoms with Gasteiger partial charge in [0.05, 0.1) is 0 Å². The maximum atomic E-state index is 11.6. The first kappa shape index (κ1) is 12.7. The Kier molecular flexibility index (Phi) is 4.50. The molecule has 1 atom stereocenters. The van der Waals surface area contributed by atoms with Crippen molar-refractivity contribution in [2.75, 3.05) is 6.54 Å². The molecule has 1 aromatic carbocycles. The summed E-state index contributed by atoms with van der Waals surface area (Å²) < 4.78 is 0. The van der Waals surface area contributed by atoms with Crippen LogP contribution in [0, 0.1) is 19.8 Å². The summed E-state index contributed by atoms with van der Waals surface area (Å²) in [6.45, 7) is 6.90. The number of carbonyl (C=O) groups is 1. The second kappa shape index (κ2) is 5.66. The molecular formula is C13H20N2O. The molecule has 0 saturated heterocycles. The van der Waals surface area contributed by atoms with E-state index in [-0.39, 0.29) is 11.8 Å². The van der Waals surface area contributed by atoms with Crippen LogP contribution in [0.1, 0.15) is 23.6 Å². The summed E-state index contributed by atoms with van der Waals surface area (Å²) in [6.07, 6.45) is 0. The van der Waals surface area contributed by atoms with E-state index in [1.54, 1.807) is 0 Å². The molecule has 16 heavy (non-hydrogen) atoms. The Hall–Kier alpha value is -1.35. The molecule has 1 unspecified atom stereocenters. The van der Waals surface area contributed by atoms with Crippen molar-refractivity contribution in [2.24, 2.45) is 11.7 Å². The van der Waals surface area contributed by atoms with E-state index in [1.165, 1.54) is 11.1 Å². The highest BCUT2D eigenvalue weighted by Crippen LogP contribution is 2.10. The molecule has 0 aromatic heterocycles. The van der Waals surface area contributed by atoms with E-state index in [1.807, 2.05) is 20.8 Å². The van der Waals surface area contributed by atoms with Crippen molar-refractivity contribution >= 4 is 5.91 Å². The van der Waals surface area contributed by atoms with Gasteiger partial charge < -0.3 is 11.1 Å². The first-order valence-electron chi connectivity index (χ1n) is 5.58. The van der Waals surface area contributed by atoms with Gasteiger partial charge >= 0.3 is 0 Å². The van der Waals surface area contributed by atoms with Crippen LogP contribution in [0.5, 0.6) is 0 Å². The van der Waals surface area contributed by atoms with E-state index in [9.17, 15) is 4.79 Å². The maximum absolute atomic E-state index is 11.6. The van der Waals surface area contributed by atoms with Crippen LogP contribution in [0.3, 0.4) is 0 Å². The van der Waals surface area contributed by atoms with E-state index >= 15 is 0 Å². The average molecular weight is 220 g/mol. The van der Waals surface area contributed by atoms with Gasteiger partial charge in [0.25, 0.3) is 0 Å². The summed E-state index contributed by atoms with van der Waals surface area (Å²) in [5.41, 5.74) is 9.01. The van der Waals surface area contributed by atoms with Crippen LogP contribution in [-0.2, 0) is 11.3 Å². The molecular weight excluding hydrogens is 200 g/mol. The van der Waals surface area contributed by atoms with Crippen molar-refractivity contribution < 1.29 is 4.79 Å². The van der Waals surface area contributed by atoms with Crippen LogP contribution in [0.2, 0.25) is 0 Å². The molecule has 0 bridgehead atoms. The summed E-state index contributed by atoms with van der Waals surface area (Å²) in [7, 11) is 0. The Balaban J connectivity index is 2.61. The van der Waals surface area contributed by atoms with Crippen LogP contribution in [0.4, 0.5) is 0 Å². The highest BCUT2D eigenvalue weighted by Gasteiger charge is 2.10. The quantitative estimate of drug-likeness (QED) is 0.808. The van der Waals surface area contributed by atoms with Crippen molar-refractivity contribution in [2.45, 2.75) is 27.3 Å². The van der Waals surface area contributed by atoms with Crippen molar-refractivity contribution in [1.29, 1.82) is 0 Å². The van der Waals surface area contributed by atoms with Gasteiger partial charge in [0.15, 0.2) is 0 Å². The van der Waals surface area contributed by atoms with Gasteiger partial charge in [-0.05, 0) is 25.0 Å². The number of hydrogen-bond donors (Lipinski definition) is 2. The lowest BCUT2D eigenvalue weighted by atomic mass is 10.1. The molecule has 0 fully saturated rings. The summed E-state index contributed by atoms with van der Waals surface area (Å²) in [4.78, 5) is 11.6. The third kappa shape index (κ3) is 3.35. The fourth-order valence-corrected chi connectivity index (χ4v) is 1.45. The third-order valence-corrected chi connectivity index (χ3v) is 2.76. The standard InChI is InChI=1S/C13H20N2O/c1-9-4-5-10(2)12(6-9)8-15-13(16)11(3)7-14/h4-6,11H,7-8,14H2,1-3H3,(H,15,16). The lowest BCUT2D eigenvalue weighted by molar-refractivity contribution is -0.124.